The summed E-state index contributed by atoms with van der Waals surface area (Å²) in [6.07, 6.45) is -5.66. The third-order valence-corrected chi connectivity index (χ3v) is 2.37. The van der Waals surface area contributed by atoms with Gasteiger partial charge in [-0.1, -0.05) is 6.07 Å². The lowest BCUT2D eigenvalue weighted by Gasteiger charge is -2.12. The molecule has 1 heterocycles. The first-order valence-corrected chi connectivity index (χ1v) is 5.30. The summed E-state index contributed by atoms with van der Waals surface area (Å²) >= 11 is 0. The van der Waals surface area contributed by atoms with E-state index in [1.54, 1.807) is 0 Å². The molecule has 1 aromatic heterocycles. The van der Waals surface area contributed by atoms with Gasteiger partial charge in [-0.3, -0.25) is 4.98 Å². The molecule has 0 bridgehead atoms. The van der Waals surface area contributed by atoms with Crippen molar-refractivity contribution in [1.29, 1.82) is 0 Å². The van der Waals surface area contributed by atoms with E-state index in [4.69, 9.17) is 4.42 Å². The molecule has 2 aromatic rings. The summed E-state index contributed by atoms with van der Waals surface area (Å²) in [6, 6.07) is 4.33. The number of fused-ring (bicyclic) bond motifs is 1. The predicted octanol–water partition coefficient (Wildman–Crippen LogP) is 1.73. The average Bonchev–Trinajstić information content (AvgIpc) is 2.65. The minimum Gasteiger partial charge on any atom is -0.408 e. The van der Waals surface area contributed by atoms with Crippen LogP contribution < -0.4 is 5.76 Å². The molecule has 0 aliphatic rings. The maximum Gasteiger partial charge on any atom is 0.417 e. The average molecular weight is 277 g/mol. The van der Waals surface area contributed by atoms with Gasteiger partial charge in [-0.15, -0.1) is 0 Å². The maximum absolute atomic E-state index is 11.9. The summed E-state index contributed by atoms with van der Waals surface area (Å²) in [5, 5.41) is 9.66. The zero-order valence-electron chi connectivity index (χ0n) is 9.53. The van der Waals surface area contributed by atoms with E-state index in [0.29, 0.717) is 11.1 Å². The van der Waals surface area contributed by atoms with Gasteiger partial charge >= 0.3 is 11.9 Å². The molecule has 0 aliphatic carbocycles. The van der Waals surface area contributed by atoms with Gasteiger partial charge in [0.05, 0.1) is 12.1 Å². The van der Waals surface area contributed by atoms with Gasteiger partial charge in [0.2, 0.25) is 0 Å². The number of rotatable bonds is 4. The SMILES string of the molecule is O=c1[nH]c2ccc(C(O)COCC(F)(F)F)cc2o1. The highest BCUT2D eigenvalue weighted by molar-refractivity contribution is 5.72. The molecule has 0 saturated heterocycles. The van der Waals surface area contributed by atoms with E-state index in [1.807, 2.05) is 0 Å². The van der Waals surface area contributed by atoms with Gasteiger partial charge in [-0.05, 0) is 17.7 Å². The fourth-order valence-electron chi connectivity index (χ4n) is 1.55. The zero-order valence-corrected chi connectivity index (χ0v) is 9.53. The molecule has 0 aliphatic heterocycles. The van der Waals surface area contributed by atoms with Crippen molar-refractivity contribution in [2.75, 3.05) is 13.2 Å². The van der Waals surface area contributed by atoms with E-state index >= 15 is 0 Å². The van der Waals surface area contributed by atoms with E-state index in [1.165, 1.54) is 18.2 Å². The van der Waals surface area contributed by atoms with Gasteiger partial charge in [0.15, 0.2) is 5.58 Å². The van der Waals surface area contributed by atoms with Crippen LogP contribution in [0.4, 0.5) is 13.2 Å². The number of aliphatic hydroxyl groups excluding tert-OH is 1. The zero-order chi connectivity index (χ0) is 14.0. The first-order valence-electron chi connectivity index (χ1n) is 5.30. The van der Waals surface area contributed by atoms with Crippen LogP contribution in [0.2, 0.25) is 0 Å². The molecule has 0 radical (unpaired) electrons. The number of nitrogens with one attached hydrogen (secondary N) is 1. The highest BCUT2D eigenvalue weighted by Crippen LogP contribution is 2.20. The molecule has 2 N–H and O–H groups in total. The smallest absolute Gasteiger partial charge is 0.408 e. The molecule has 0 amide bonds. The van der Waals surface area contributed by atoms with Crippen molar-refractivity contribution in [3.8, 4) is 0 Å². The van der Waals surface area contributed by atoms with Crippen molar-refractivity contribution >= 4 is 11.1 Å². The number of ether oxygens (including phenoxy) is 1. The molecular formula is C11H10F3NO4. The molecule has 2 rings (SSSR count). The Labute approximate surface area is 104 Å². The third kappa shape index (κ3) is 3.58. The van der Waals surface area contributed by atoms with Gasteiger partial charge in [-0.25, -0.2) is 4.79 Å². The highest BCUT2D eigenvalue weighted by atomic mass is 19.4. The Morgan fingerprint density at radius 1 is 1.42 bits per heavy atom. The number of aromatic amines is 1. The van der Waals surface area contributed by atoms with E-state index < -0.39 is 31.3 Å². The summed E-state index contributed by atoms with van der Waals surface area (Å²) in [4.78, 5) is 13.3. The van der Waals surface area contributed by atoms with Crippen molar-refractivity contribution < 1.29 is 27.4 Å². The van der Waals surface area contributed by atoms with Crippen LogP contribution in [0.3, 0.4) is 0 Å². The summed E-state index contributed by atoms with van der Waals surface area (Å²) in [7, 11) is 0. The summed E-state index contributed by atoms with van der Waals surface area (Å²) < 4.78 is 44.7. The first-order chi connectivity index (χ1) is 8.85. The number of hydrogen-bond acceptors (Lipinski definition) is 4. The van der Waals surface area contributed by atoms with Gasteiger partial charge in [-0.2, -0.15) is 13.2 Å². The molecule has 5 nitrogen and oxygen atoms in total. The molecular weight excluding hydrogens is 267 g/mol. The molecule has 104 valence electrons. The summed E-state index contributed by atoms with van der Waals surface area (Å²) in [5.41, 5.74) is 0.965. The fraction of sp³-hybridized carbons (Fsp3) is 0.364. The number of halogens is 3. The van der Waals surface area contributed by atoms with E-state index in [2.05, 4.69) is 9.72 Å². The topological polar surface area (TPSA) is 75.5 Å². The Balaban J connectivity index is 2.04. The van der Waals surface area contributed by atoms with Crippen molar-refractivity contribution in [2.24, 2.45) is 0 Å². The molecule has 1 unspecified atom stereocenters. The lowest BCUT2D eigenvalue weighted by atomic mass is 10.1. The Morgan fingerprint density at radius 2 is 2.16 bits per heavy atom. The normalized spacial score (nSPS) is 13.9. The number of aromatic nitrogens is 1. The van der Waals surface area contributed by atoms with Crippen LogP contribution in [-0.4, -0.2) is 29.5 Å². The Kier molecular flexibility index (Phi) is 3.63. The number of benzene rings is 1. The van der Waals surface area contributed by atoms with Gasteiger partial charge in [0.25, 0.3) is 0 Å². The molecule has 0 fully saturated rings. The van der Waals surface area contributed by atoms with Crippen LogP contribution in [-0.2, 0) is 4.74 Å². The molecule has 8 heteroatoms. The van der Waals surface area contributed by atoms with E-state index in [0.717, 1.165) is 0 Å². The third-order valence-electron chi connectivity index (χ3n) is 2.37. The quantitative estimate of drug-likeness (QED) is 0.892. The number of H-pyrrole nitrogens is 1. The number of oxazole rings is 1. The predicted molar refractivity (Wildman–Crippen MR) is 58.7 cm³/mol. The van der Waals surface area contributed by atoms with Crippen LogP contribution in [0, 0.1) is 0 Å². The Hall–Kier alpha value is -1.80. The summed E-state index contributed by atoms with van der Waals surface area (Å²) in [5.74, 6) is -0.644. The van der Waals surface area contributed by atoms with Crippen molar-refractivity contribution in [2.45, 2.75) is 12.3 Å². The van der Waals surface area contributed by atoms with Crippen LogP contribution in [0.15, 0.2) is 27.4 Å². The lowest BCUT2D eigenvalue weighted by Crippen LogP contribution is -2.19. The summed E-state index contributed by atoms with van der Waals surface area (Å²) in [6.45, 7) is -1.93. The van der Waals surface area contributed by atoms with Gasteiger partial charge < -0.3 is 14.3 Å². The van der Waals surface area contributed by atoms with Crippen LogP contribution in [0.5, 0.6) is 0 Å². The standard InChI is InChI=1S/C11H10F3NO4/c12-11(13,14)5-18-4-8(16)6-1-2-7-9(3-6)19-10(17)15-7/h1-3,8,16H,4-5H2,(H,15,17). The lowest BCUT2D eigenvalue weighted by molar-refractivity contribution is -0.179. The number of alkyl halides is 3. The highest BCUT2D eigenvalue weighted by Gasteiger charge is 2.27. The first kappa shape index (κ1) is 13.6. The van der Waals surface area contributed by atoms with Crippen molar-refractivity contribution in [3.05, 3.63) is 34.3 Å². The Morgan fingerprint density at radius 3 is 2.84 bits per heavy atom. The number of aliphatic hydroxyl groups is 1. The second-order valence-electron chi connectivity index (χ2n) is 3.92. The fourth-order valence-corrected chi connectivity index (χ4v) is 1.55. The maximum atomic E-state index is 11.9. The van der Waals surface area contributed by atoms with Crippen LogP contribution >= 0.6 is 0 Å². The molecule has 1 atom stereocenters. The van der Waals surface area contributed by atoms with Gasteiger partial charge in [0.1, 0.15) is 12.7 Å². The second kappa shape index (κ2) is 5.06. The van der Waals surface area contributed by atoms with Crippen LogP contribution in [0.25, 0.3) is 11.1 Å². The van der Waals surface area contributed by atoms with Crippen molar-refractivity contribution in [1.82, 2.24) is 4.98 Å². The van der Waals surface area contributed by atoms with E-state index in [-0.39, 0.29) is 5.58 Å². The van der Waals surface area contributed by atoms with E-state index in [9.17, 15) is 23.1 Å². The molecule has 0 saturated carbocycles. The minimum absolute atomic E-state index is 0.220. The van der Waals surface area contributed by atoms with Crippen molar-refractivity contribution in [3.63, 3.8) is 0 Å². The van der Waals surface area contributed by atoms with Gasteiger partial charge in [0, 0.05) is 0 Å². The van der Waals surface area contributed by atoms with Crippen LogP contribution in [0.1, 0.15) is 11.7 Å². The minimum atomic E-state index is -4.43. The Bertz CT molecular complexity index is 616. The number of hydrogen-bond donors (Lipinski definition) is 2. The monoisotopic (exact) mass is 277 g/mol. The second-order valence-corrected chi connectivity index (χ2v) is 3.92. The molecule has 1 aromatic carbocycles. The largest absolute Gasteiger partial charge is 0.417 e. The molecule has 0 spiro atoms. The molecule has 19 heavy (non-hydrogen) atoms.